The fraction of sp³-hybridized carbons (Fsp3) is 0.529. The standard InChI is InChI=1S/C34H47N3O6/c1-22(2)27(36-32(41)43-34(6,7)8)30(39)37(25-19-20-25)28(24-17-13-10-14-18-24)29(38)35-26(31(40)42-33(3,4)5)21-23-15-11-9-12-16-23/h9-18,22,25-28H,19-21H2,1-8H3,(H,35,38)(H,36,41). The molecule has 3 amide bonds. The normalized spacial score (nSPS) is 15.6. The summed E-state index contributed by atoms with van der Waals surface area (Å²) in [6, 6.07) is 15.3. The number of esters is 1. The Bertz CT molecular complexity index is 1250. The lowest BCUT2D eigenvalue weighted by Gasteiger charge is -2.36. The van der Waals surface area contributed by atoms with Gasteiger partial charge in [0.15, 0.2) is 0 Å². The monoisotopic (exact) mass is 593 g/mol. The van der Waals surface area contributed by atoms with Crippen molar-refractivity contribution in [1.29, 1.82) is 0 Å². The van der Waals surface area contributed by atoms with Gasteiger partial charge in [0.25, 0.3) is 0 Å². The zero-order chi connectivity index (χ0) is 31.9. The molecule has 0 spiro atoms. The van der Waals surface area contributed by atoms with Crippen LogP contribution in [-0.2, 0) is 30.3 Å². The molecular formula is C34H47N3O6. The molecule has 9 nitrogen and oxygen atoms in total. The number of alkyl carbamates (subject to hydrolysis) is 1. The first-order valence-corrected chi connectivity index (χ1v) is 15.0. The summed E-state index contributed by atoms with van der Waals surface area (Å²) in [5.74, 6) is -1.73. The Morgan fingerprint density at radius 2 is 1.35 bits per heavy atom. The van der Waals surface area contributed by atoms with Crippen molar-refractivity contribution in [3.05, 3.63) is 71.8 Å². The van der Waals surface area contributed by atoms with Gasteiger partial charge < -0.3 is 25.0 Å². The Labute approximate surface area is 255 Å². The number of nitrogens with zero attached hydrogens (tertiary/aromatic N) is 1. The molecule has 3 atom stereocenters. The third-order valence-corrected chi connectivity index (χ3v) is 6.73. The van der Waals surface area contributed by atoms with Gasteiger partial charge in [-0.1, -0.05) is 74.5 Å². The van der Waals surface area contributed by atoms with Crippen LogP contribution in [0.1, 0.15) is 85.4 Å². The van der Waals surface area contributed by atoms with Gasteiger partial charge in [0.05, 0.1) is 0 Å². The molecule has 0 saturated heterocycles. The van der Waals surface area contributed by atoms with E-state index in [4.69, 9.17) is 9.47 Å². The van der Waals surface area contributed by atoms with Crippen LogP contribution in [0.25, 0.3) is 0 Å². The molecule has 0 bridgehead atoms. The number of hydrogen-bond donors (Lipinski definition) is 2. The van der Waals surface area contributed by atoms with Crippen molar-refractivity contribution < 1.29 is 28.7 Å². The maximum atomic E-state index is 14.3. The van der Waals surface area contributed by atoms with Gasteiger partial charge in [0.1, 0.15) is 29.3 Å². The molecule has 9 heteroatoms. The van der Waals surface area contributed by atoms with Crippen LogP contribution in [0.3, 0.4) is 0 Å². The predicted octanol–water partition coefficient (Wildman–Crippen LogP) is 5.34. The van der Waals surface area contributed by atoms with Gasteiger partial charge >= 0.3 is 12.1 Å². The molecule has 2 aromatic rings. The fourth-order valence-electron chi connectivity index (χ4n) is 4.72. The molecule has 234 valence electrons. The second-order valence-electron chi connectivity index (χ2n) is 13.4. The highest BCUT2D eigenvalue weighted by molar-refractivity contribution is 5.94. The Balaban J connectivity index is 1.98. The highest BCUT2D eigenvalue weighted by atomic mass is 16.6. The molecule has 3 unspecified atom stereocenters. The van der Waals surface area contributed by atoms with Crippen LogP contribution >= 0.6 is 0 Å². The highest BCUT2D eigenvalue weighted by Gasteiger charge is 2.45. The predicted molar refractivity (Wildman–Crippen MR) is 165 cm³/mol. The first-order chi connectivity index (χ1) is 20.1. The molecule has 1 aliphatic rings. The molecule has 0 radical (unpaired) electrons. The minimum absolute atomic E-state index is 0.195. The lowest BCUT2D eigenvalue weighted by Crippen LogP contribution is -2.56. The number of carbonyl (C=O) groups is 4. The summed E-state index contributed by atoms with van der Waals surface area (Å²) in [7, 11) is 0. The average Bonchev–Trinajstić information content (AvgIpc) is 3.73. The van der Waals surface area contributed by atoms with Gasteiger partial charge in [0, 0.05) is 12.5 Å². The van der Waals surface area contributed by atoms with Crippen molar-refractivity contribution in [1.82, 2.24) is 15.5 Å². The number of benzene rings is 2. The van der Waals surface area contributed by atoms with Crippen LogP contribution in [0.5, 0.6) is 0 Å². The summed E-state index contributed by atoms with van der Waals surface area (Å²) in [5.41, 5.74) is -0.0509. The third kappa shape index (κ3) is 10.4. The molecule has 1 saturated carbocycles. The topological polar surface area (TPSA) is 114 Å². The first-order valence-electron chi connectivity index (χ1n) is 15.0. The quantitative estimate of drug-likeness (QED) is 0.340. The van der Waals surface area contributed by atoms with Crippen LogP contribution in [0, 0.1) is 5.92 Å². The molecule has 1 aliphatic carbocycles. The Kier molecular flexibility index (Phi) is 11.0. The summed E-state index contributed by atoms with van der Waals surface area (Å²) in [5, 5.41) is 5.67. The van der Waals surface area contributed by atoms with Crippen molar-refractivity contribution in [2.45, 2.75) is 110 Å². The van der Waals surface area contributed by atoms with E-state index in [0.29, 0.717) is 5.56 Å². The Hall–Kier alpha value is -3.88. The summed E-state index contributed by atoms with van der Waals surface area (Å²) in [4.78, 5) is 56.2. The largest absolute Gasteiger partial charge is 0.458 e. The summed E-state index contributed by atoms with van der Waals surface area (Å²) < 4.78 is 11.1. The molecule has 0 heterocycles. The average molecular weight is 594 g/mol. The molecular weight excluding hydrogens is 546 g/mol. The number of nitrogens with one attached hydrogen (secondary N) is 2. The van der Waals surface area contributed by atoms with Crippen molar-refractivity contribution in [3.8, 4) is 0 Å². The number of rotatable bonds is 11. The summed E-state index contributed by atoms with van der Waals surface area (Å²) in [6.07, 6.45) is 0.955. The van der Waals surface area contributed by atoms with E-state index in [1.54, 1.807) is 70.7 Å². The minimum Gasteiger partial charge on any atom is -0.458 e. The zero-order valence-electron chi connectivity index (χ0n) is 26.7. The molecule has 1 fully saturated rings. The van der Waals surface area contributed by atoms with Gasteiger partial charge in [0.2, 0.25) is 11.8 Å². The lowest BCUT2D eigenvalue weighted by atomic mass is 9.98. The minimum atomic E-state index is -1.04. The zero-order valence-corrected chi connectivity index (χ0v) is 26.7. The van der Waals surface area contributed by atoms with Gasteiger partial charge in [-0.2, -0.15) is 0 Å². The van der Waals surface area contributed by atoms with Crippen molar-refractivity contribution >= 4 is 23.9 Å². The van der Waals surface area contributed by atoms with E-state index >= 15 is 0 Å². The van der Waals surface area contributed by atoms with Crippen LogP contribution in [0.2, 0.25) is 0 Å². The van der Waals surface area contributed by atoms with Crippen molar-refractivity contribution in [3.63, 3.8) is 0 Å². The van der Waals surface area contributed by atoms with E-state index < -0.39 is 47.3 Å². The summed E-state index contributed by atoms with van der Waals surface area (Å²) in [6.45, 7) is 14.2. The molecule has 2 aromatic carbocycles. The Morgan fingerprint density at radius 1 is 0.814 bits per heavy atom. The SMILES string of the molecule is CC(C)C(NC(=O)OC(C)(C)C)C(=O)N(C1CC1)C(C(=O)NC(Cc1ccccc1)C(=O)OC(C)(C)C)c1ccccc1. The van der Waals surface area contributed by atoms with E-state index in [1.807, 2.05) is 50.2 Å². The molecule has 2 N–H and O–H groups in total. The van der Waals surface area contributed by atoms with Gasteiger partial charge in [-0.25, -0.2) is 9.59 Å². The number of hydrogen-bond acceptors (Lipinski definition) is 6. The molecule has 0 aromatic heterocycles. The number of amides is 3. The highest BCUT2D eigenvalue weighted by Crippen LogP contribution is 2.36. The van der Waals surface area contributed by atoms with E-state index in [-0.39, 0.29) is 24.3 Å². The molecule has 3 rings (SSSR count). The molecule has 0 aliphatic heterocycles. The van der Waals surface area contributed by atoms with Crippen LogP contribution in [0.15, 0.2) is 60.7 Å². The number of ether oxygens (including phenoxy) is 2. The van der Waals surface area contributed by atoms with Crippen LogP contribution in [0.4, 0.5) is 4.79 Å². The van der Waals surface area contributed by atoms with Crippen molar-refractivity contribution in [2.75, 3.05) is 0 Å². The first kappa shape index (κ1) is 33.6. The second kappa shape index (κ2) is 14.1. The maximum absolute atomic E-state index is 14.3. The van der Waals surface area contributed by atoms with Crippen molar-refractivity contribution in [2.24, 2.45) is 5.92 Å². The maximum Gasteiger partial charge on any atom is 0.408 e. The van der Waals surface area contributed by atoms with Crippen LogP contribution in [-0.4, -0.2) is 58.1 Å². The Morgan fingerprint density at radius 3 is 1.84 bits per heavy atom. The molecule has 43 heavy (non-hydrogen) atoms. The fourth-order valence-corrected chi connectivity index (χ4v) is 4.72. The third-order valence-electron chi connectivity index (χ3n) is 6.73. The van der Waals surface area contributed by atoms with E-state index in [2.05, 4.69) is 10.6 Å². The lowest BCUT2D eigenvalue weighted by molar-refractivity contribution is -0.159. The van der Waals surface area contributed by atoms with Crippen LogP contribution < -0.4 is 10.6 Å². The smallest absolute Gasteiger partial charge is 0.408 e. The van der Waals surface area contributed by atoms with E-state index in [9.17, 15) is 19.2 Å². The van der Waals surface area contributed by atoms with Gasteiger partial charge in [-0.05, 0) is 71.4 Å². The van der Waals surface area contributed by atoms with Gasteiger partial charge in [-0.15, -0.1) is 0 Å². The van der Waals surface area contributed by atoms with Gasteiger partial charge in [-0.3, -0.25) is 9.59 Å². The summed E-state index contributed by atoms with van der Waals surface area (Å²) >= 11 is 0. The van der Waals surface area contributed by atoms with E-state index in [0.717, 1.165) is 18.4 Å². The number of carbonyl (C=O) groups excluding carboxylic acids is 4. The van der Waals surface area contributed by atoms with E-state index in [1.165, 1.54) is 0 Å². The second-order valence-corrected chi connectivity index (χ2v) is 13.4.